The Morgan fingerprint density at radius 1 is 1.54 bits per heavy atom. The number of anilines is 1. The fourth-order valence-electron chi connectivity index (χ4n) is 1.11. The molecule has 1 heterocycles. The van der Waals surface area contributed by atoms with Crippen LogP contribution in [0.2, 0.25) is 0 Å². The van der Waals surface area contributed by atoms with Crippen LogP contribution >= 0.6 is 0 Å². The molecule has 1 rings (SSSR count). The number of nitrogens with one attached hydrogen (secondary N) is 1. The Labute approximate surface area is 78.5 Å². The summed E-state index contributed by atoms with van der Waals surface area (Å²) in [4.78, 5) is 0. The molecule has 0 saturated carbocycles. The Morgan fingerprint density at radius 3 is 2.77 bits per heavy atom. The second kappa shape index (κ2) is 3.79. The highest BCUT2D eigenvalue weighted by Gasteiger charge is 2.22. The van der Waals surface area contributed by atoms with Crippen LogP contribution in [0, 0.1) is 0 Å². The largest absolute Gasteiger partial charge is 0.380 e. The quantitative estimate of drug-likeness (QED) is 0.742. The Hall–Kier alpha value is -1.03. The molecule has 4 heteroatoms. The minimum absolute atomic E-state index is 0.0204. The zero-order chi connectivity index (χ0) is 9.90. The van der Waals surface area contributed by atoms with Crippen LogP contribution < -0.4 is 11.1 Å². The van der Waals surface area contributed by atoms with E-state index in [4.69, 9.17) is 10.3 Å². The molecule has 0 radical (unpaired) electrons. The SMILES string of the molecule is CC(C)(C)c1oncc1NCCN. The molecule has 0 aliphatic rings. The highest BCUT2D eigenvalue weighted by Crippen LogP contribution is 2.28. The lowest BCUT2D eigenvalue weighted by molar-refractivity contribution is 0.330. The molecule has 0 saturated heterocycles. The van der Waals surface area contributed by atoms with Gasteiger partial charge in [-0.25, -0.2) is 0 Å². The normalized spacial score (nSPS) is 11.7. The van der Waals surface area contributed by atoms with Crippen LogP contribution in [-0.4, -0.2) is 18.2 Å². The van der Waals surface area contributed by atoms with Gasteiger partial charge in [-0.05, 0) is 0 Å². The average Bonchev–Trinajstić information content (AvgIpc) is 2.47. The van der Waals surface area contributed by atoms with Crippen molar-refractivity contribution < 1.29 is 4.52 Å². The number of hydrogen-bond donors (Lipinski definition) is 2. The van der Waals surface area contributed by atoms with Crippen LogP contribution in [0.3, 0.4) is 0 Å². The first-order chi connectivity index (χ1) is 6.05. The van der Waals surface area contributed by atoms with E-state index in [1.807, 2.05) is 0 Å². The molecular formula is C9H17N3O. The summed E-state index contributed by atoms with van der Waals surface area (Å²) in [5.41, 5.74) is 6.31. The van der Waals surface area contributed by atoms with Crippen LogP contribution in [0.1, 0.15) is 26.5 Å². The van der Waals surface area contributed by atoms with E-state index in [2.05, 4.69) is 31.2 Å². The van der Waals surface area contributed by atoms with E-state index in [-0.39, 0.29) is 5.41 Å². The first-order valence-corrected chi connectivity index (χ1v) is 4.45. The van der Waals surface area contributed by atoms with Crippen molar-refractivity contribution in [2.24, 2.45) is 5.73 Å². The zero-order valence-electron chi connectivity index (χ0n) is 8.42. The van der Waals surface area contributed by atoms with Gasteiger partial charge in [0.05, 0.1) is 11.9 Å². The topological polar surface area (TPSA) is 64.1 Å². The third kappa shape index (κ3) is 2.45. The summed E-state index contributed by atoms with van der Waals surface area (Å²) in [5, 5.41) is 6.93. The van der Waals surface area contributed by atoms with E-state index >= 15 is 0 Å². The Morgan fingerprint density at radius 2 is 2.23 bits per heavy atom. The molecule has 74 valence electrons. The van der Waals surface area contributed by atoms with Crippen molar-refractivity contribution in [3.8, 4) is 0 Å². The molecule has 1 aromatic rings. The fraction of sp³-hybridized carbons (Fsp3) is 0.667. The third-order valence-electron chi connectivity index (χ3n) is 1.71. The number of hydrogen-bond acceptors (Lipinski definition) is 4. The lowest BCUT2D eigenvalue weighted by Crippen LogP contribution is -2.17. The highest BCUT2D eigenvalue weighted by molar-refractivity contribution is 5.47. The maximum absolute atomic E-state index is 5.39. The Bertz CT molecular complexity index is 262. The molecule has 0 unspecified atom stereocenters. The van der Waals surface area contributed by atoms with E-state index in [1.54, 1.807) is 6.20 Å². The molecule has 0 aromatic carbocycles. The van der Waals surface area contributed by atoms with Gasteiger partial charge in [-0.1, -0.05) is 25.9 Å². The van der Waals surface area contributed by atoms with Crippen LogP contribution in [-0.2, 0) is 5.41 Å². The van der Waals surface area contributed by atoms with Gasteiger partial charge in [-0.2, -0.15) is 0 Å². The summed E-state index contributed by atoms with van der Waals surface area (Å²) in [5.74, 6) is 0.876. The van der Waals surface area contributed by atoms with Gasteiger partial charge in [-0.15, -0.1) is 0 Å². The first-order valence-electron chi connectivity index (χ1n) is 4.45. The highest BCUT2D eigenvalue weighted by atomic mass is 16.5. The van der Waals surface area contributed by atoms with E-state index in [0.29, 0.717) is 6.54 Å². The van der Waals surface area contributed by atoms with Gasteiger partial charge < -0.3 is 15.6 Å². The molecule has 0 amide bonds. The molecular weight excluding hydrogens is 166 g/mol. The summed E-state index contributed by atoms with van der Waals surface area (Å²) < 4.78 is 5.17. The second-order valence-corrected chi connectivity index (χ2v) is 4.03. The summed E-state index contributed by atoms with van der Waals surface area (Å²) in [6.45, 7) is 7.60. The van der Waals surface area contributed by atoms with Crippen LogP contribution in [0.15, 0.2) is 10.7 Å². The van der Waals surface area contributed by atoms with E-state index in [9.17, 15) is 0 Å². The third-order valence-corrected chi connectivity index (χ3v) is 1.71. The molecule has 13 heavy (non-hydrogen) atoms. The maximum atomic E-state index is 5.39. The minimum Gasteiger partial charge on any atom is -0.380 e. The average molecular weight is 183 g/mol. The summed E-state index contributed by atoms with van der Waals surface area (Å²) >= 11 is 0. The monoisotopic (exact) mass is 183 g/mol. The molecule has 3 N–H and O–H groups in total. The smallest absolute Gasteiger partial charge is 0.165 e. The molecule has 0 atom stereocenters. The van der Waals surface area contributed by atoms with E-state index in [0.717, 1.165) is 18.0 Å². The van der Waals surface area contributed by atoms with Gasteiger partial charge >= 0.3 is 0 Å². The van der Waals surface area contributed by atoms with Crippen LogP contribution in [0.5, 0.6) is 0 Å². The van der Waals surface area contributed by atoms with Crippen molar-refractivity contribution in [2.45, 2.75) is 26.2 Å². The van der Waals surface area contributed by atoms with Crippen LogP contribution in [0.4, 0.5) is 5.69 Å². The summed E-state index contributed by atoms with van der Waals surface area (Å²) in [6, 6.07) is 0. The van der Waals surface area contributed by atoms with E-state index < -0.39 is 0 Å². The van der Waals surface area contributed by atoms with Gasteiger partial charge in [0, 0.05) is 18.5 Å². The van der Waals surface area contributed by atoms with Crippen molar-refractivity contribution in [2.75, 3.05) is 18.4 Å². The van der Waals surface area contributed by atoms with Crippen molar-refractivity contribution >= 4 is 5.69 Å². The fourth-order valence-corrected chi connectivity index (χ4v) is 1.11. The van der Waals surface area contributed by atoms with Crippen molar-refractivity contribution in [3.63, 3.8) is 0 Å². The second-order valence-electron chi connectivity index (χ2n) is 4.03. The zero-order valence-corrected chi connectivity index (χ0v) is 8.42. The number of rotatable bonds is 3. The Kier molecular flexibility index (Phi) is 2.93. The molecule has 0 bridgehead atoms. The van der Waals surface area contributed by atoms with Gasteiger partial charge in [0.15, 0.2) is 5.76 Å². The molecule has 1 aromatic heterocycles. The predicted octanol–water partition coefficient (Wildman–Crippen LogP) is 1.34. The number of nitrogens with two attached hydrogens (primary N) is 1. The van der Waals surface area contributed by atoms with Gasteiger partial charge in [0.2, 0.25) is 0 Å². The van der Waals surface area contributed by atoms with Gasteiger partial charge in [0.25, 0.3) is 0 Å². The van der Waals surface area contributed by atoms with E-state index in [1.165, 1.54) is 0 Å². The molecule has 0 aliphatic heterocycles. The van der Waals surface area contributed by atoms with Crippen molar-refractivity contribution in [1.29, 1.82) is 0 Å². The minimum atomic E-state index is -0.0204. The van der Waals surface area contributed by atoms with Crippen molar-refractivity contribution in [1.82, 2.24) is 5.16 Å². The molecule has 0 aliphatic carbocycles. The Balaban J connectivity index is 2.77. The molecule has 4 nitrogen and oxygen atoms in total. The number of aromatic nitrogens is 1. The number of nitrogens with zero attached hydrogens (tertiary/aromatic N) is 1. The standard InChI is InChI=1S/C9H17N3O/c1-9(2,3)8-7(6-12-13-8)11-5-4-10/h6,11H,4-5,10H2,1-3H3. The molecule has 0 fully saturated rings. The maximum Gasteiger partial charge on any atom is 0.165 e. The van der Waals surface area contributed by atoms with Crippen molar-refractivity contribution in [3.05, 3.63) is 12.0 Å². The summed E-state index contributed by atoms with van der Waals surface area (Å²) in [6.07, 6.45) is 1.69. The first kappa shape index (κ1) is 10.1. The van der Waals surface area contributed by atoms with Gasteiger partial charge in [-0.3, -0.25) is 0 Å². The lowest BCUT2D eigenvalue weighted by atomic mass is 9.92. The van der Waals surface area contributed by atoms with Gasteiger partial charge in [0.1, 0.15) is 0 Å². The predicted molar refractivity (Wildman–Crippen MR) is 52.7 cm³/mol. The molecule has 0 spiro atoms. The lowest BCUT2D eigenvalue weighted by Gasteiger charge is -2.16. The van der Waals surface area contributed by atoms with Crippen LogP contribution in [0.25, 0.3) is 0 Å². The summed E-state index contributed by atoms with van der Waals surface area (Å²) in [7, 11) is 0.